The highest BCUT2D eigenvalue weighted by Crippen LogP contribution is 2.31. The average molecular weight is 359 g/mol. The lowest BCUT2D eigenvalue weighted by molar-refractivity contribution is -0.385. The summed E-state index contributed by atoms with van der Waals surface area (Å²) >= 11 is 1.19. The van der Waals surface area contributed by atoms with E-state index < -0.39 is 4.92 Å². The molecule has 132 valence electrons. The molecule has 1 unspecified atom stereocenters. The normalized spacial score (nSPS) is 17.5. The Morgan fingerprint density at radius 2 is 2.12 bits per heavy atom. The highest BCUT2D eigenvalue weighted by molar-refractivity contribution is 7.14. The van der Waals surface area contributed by atoms with Crippen LogP contribution in [0.1, 0.15) is 38.6 Å². The van der Waals surface area contributed by atoms with E-state index in [0.717, 1.165) is 18.5 Å². The maximum Gasteiger partial charge on any atom is 0.283 e. The number of hydrogen-bond acceptors (Lipinski definition) is 5. The SMILES string of the molecule is CCc1ccc(C2CNCCN2C(=O)c2cc([N+](=O)[O-])c(C)s2)cc1. The minimum absolute atomic E-state index is 0.0207. The fourth-order valence-corrected chi connectivity index (χ4v) is 4.06. The van der Waals surface area contributed by atoms with E-state index in [1.165, 1.54) is 23.0 Å². The van der Waals surface area contributed by atoms with E-state index in [4.69, 9.17) is 0 Å². The number of carbonyl (C=O) groups excluding carboxylic acids is 1. The van der Waals surface area contributed by atoms with Crippen molar-refractivity contribution in [2.24, 2.45) is 0 Å². The third kappa shape index (κ3) is 3.57. The van der Waals surface area contributed by atoms with Crippen molar-refractivity contribution in [3.63, 3.8) is 0 Å². The Morgan fingerprint density at radius 3 is 2.72 bits per heavy atom. The molecule has 1 atom stereocenters. The molecule has 2 heterocycles. The number of thiophene rings is 1. The first-order valence-corrected chi connectivity index (χ1v) is 9.18. The van der Waals surface area contributed by atoms with Crippen molar-refractivity contribution >= 4 is 22.9 Å². The van der Waals surface area contributed by atoms with E-state index in [2.05, 4.69) is 36.5 Å². The smallest absolute Gasteiger partial charge is 0.283 e. The van der Waals surface area contributed by atoms with Gasteiger partial charge in [0.15, 0.2) is 0 Å². The molecule has 1 aliphatic rings. The lowest BCUT2D eigenvalue weighted by Crippen LogP contribution is -2.48. The van der Waals surface area contributed by atoms with Crippen molar-refractivity contribution in [3.8, 4) is 0 Å². The van der Waals surface area contributed by atoms with Crippen LogP contribution in [0.2, 0.25) is 0 Å². The summed E-state index contributed by atoms with van der Waals surface area (Å²) in [5.74, 6) is -0.132. The van der Waals surface area contributed by atoms with Gasteiger partial charge in [-0.3, -0.25) is 14.9 Å². The molecule has 1 amide bonds. The van der Waals surface area contributed by atoms with Gasteiger partial charge in [-0.15, -0.1) is 11.3 Å². The Hall–Kier alpha value is -2.25. The minimum atomic E-state index is -0.429. The van der Waals surface area contributed by atoms with Gasteiger partial charge in [-0.25, -0.2) is 0 Å². The summed E-state index contributed by atoms with van der Waals surface area (Å²) in [6, 6.07) is 9.66. The first kappa shape index (κ1) is 17.6. The molecule has 0 saturated carbocycles. The van der Waals surface area contributed by atoms with Gasteiger partial charge in [0.2, 0.25) is 0 Å². The predicted molar refractivity (Wildman–Crippen MR) is 98.2 cm³/mol. The highest BCUT2D eigenvalue weighted by Gasteiger charge is 2.31. The predicted octanol–water partition coefficient (Wildman–Crippen LogP) is 3.31. The lowest BCUT2D eigenvalue weighted by Gasteiger charge is -2.36. The standard InChI is InChI=1S/C18H21N3O3S/c1-3-13-4-6-14(7-5-13)16-11-19-8-9-20(16)18(22)17-10-15(21(23)24)12(2)25-17/h4-7,10,16,19H,3,8-9,11H2,1-2H3. The molecular formula is C18H21N3O3S. The van der Waals surface area contributed by atoms with Crippen LogP contribution in [0.4, 0.5) is 5.69 Å². The molecular weight excluding hydrogens is 338 g/mol. The van der Waals surface area contributed by atoms with Crippen LogP contribution in [0.25, 0.3) is 0 Å². The molecule has 1 saturated heterocycles. The maximum atomic E-state index is 13.0. The zero-order valence-electron chi connectivity index (χ0n) is 14.3. The second kappa shape index (κ2) is 7.33. The Balaban J connectivity index is 1.88. The molecule has 0 aliphatic carbocycles. The Labute approximate surface area is 150 Å². The van der Waals surface area contributed by atoms with Crippen molar-refractivity contribution in [2.45, 2.75) is 26.3 Å². The van der Waals surface area contributed by atoms with Gasteiger partial charge in [-0.1, -0.05) is 31.2 Å². The summed E-state index contributed by atoms with van der Waals surface area (Å²) in [6.07, 6.45) is 0.976. The Kier molecular flexibility index (Phi) is 5.15. The van der Waals surface area contributed by atoms with Gasteiger partial charge in [0.05, 0.1) is 20.7 Å². The average Bonchev–Trinajstić information content (AvgIpc) is 3.03. The molecule has 6 nitrogen and oxygen atoms in total. The molecule has 1 fully saturated rings. The minimum Gasteiger partial charge on any atom is -0.328 e. The number of piperazine rings is 1. The van der Waals surface area contributed by atoms with Gasteiger partial charge in [0.25, 0.3) is 11.6 Å². The summed E-state index contributed by atoms with van der Waals surface area (Å²) < 4.78 is 0. The van der Waals surface area contributed by atoms with Crippen LogP contribution < -0.4 is 5.32 Å². The van der Waals surface area contributed by atoms with Crippen LogP contribution in [-0.4, -0.2) is 35.4 Å². The van der Waals surface area contributed by atoms with Crippen LogP contribution in [0.5, 0.6) is 0 Å². The number of benzene rings is 1. The van der Waals surface area contributed by atoms with Crippen LogP contribution in [0.15, 0.2) is 30.3 Å². The quantitative estimate of drug-likeness (QED) is 0.671. The molecule has 2 aromatic rings. The fraction of sp³-hybridized carbons (Fsp3) is 0.389. The zero-order chi connectivity index (χ0) is 18.0. The second-order valence-corrected chi connectivity index (χ2v) is 7.38. The zero-order valence-corrected chi connectivity index (χ0v) is 15.1. The van der Waals surface area contributed by atoms with Gasteiger partial charge in [-0.2, -0.15) is 0 Å². The van der Waals surface area contributed by atoms with E-state index in [0.29, 0.717) is 22.8 Å². The first-order valence-electron chi connectivity index (χ1n) is 8.36. The highest BCUT2D eigenvalue weighted by atomic mass is 32.1. The molecule has 1 aromatic carbocycles. The Bertz CT molecular complexity index is 785. The summed E-state index contributed by atoms with van der Waals surface area (Å²) in [6.45, 7) is 5.78. The molecule has 0 radical (unpaired) electrons. The van der Waals surface area contributed by atoms with E-state index in [-0.39, 0.29) is 17.6 Å². The van der Waals surface area contributed by atoms with E-state index in [9.17, 15) is 14.9 Å². The van der Waals surface area contributed by atoms with Crippen LogP contribution in [-0.2, 0) is 6.42 Å². The molecule has 1 N–H and O–H groups in total. The molecule has 3 rings (SSSR count). The van der Waals surface area contributed by atoms with Crippen LogP contribution >= 0.6 is 11.3 Å². The van der Waals surface area contributed by atoms with Gasteiger partial charge in [0, 0.05) is 25.7 Å². The summed E-state index contributed by atoms with van der Waals surface area (Å²) in [7, 11) is 0. The number of hydrogen-bond donors (Lipinski definition) is 1. The molecule has 1 aliphatic heterocycles. The van der Waals surface area contributed by atoms with E-state index in [1.807, 2.05) is 4.90 Å². The molecule has 7 heteroatoms. The second-order valence-electron chi connectivity index (χ2n) is 6.12. The number of amides is 1. The van der Waals surface area contributed by atoms with Gasteiger partial charge in [-0.05, 0) is 24.5 Å². The third-order valence-electron chi connectivity index (χ3n) is 4.58. The third-order valence-corrected chi connectivity index (χ3v) is 5.60. The van der Waals surface area contributed by atoms with Crippen molar-refractivity contribution in [1.82, 2.24) is 10.2 Å². The van der Waals surface area contributed by atoms with Crippen molar-refractivity contribution in [3.05, 3.63) is 61.3 Å². The topological polar surface area (TPSA) is 75.5 Å². The molecule has 0 bridgehead atoms. The number of aryl methyl sites for hydroxylation is 2. The molecule has 1 aromatic heterocycles. The number of nitro groups is 1. The van der Waals surface area contributed by atoms with Gasteiger partial charge >= 0.3 is 0 Å². The van der Waals surface area contributed by atoms with Crippen molar-refractivity contribution < 1.29 is 9.72 Å². The molecule has 0 spiro atoms. The van der Waals surface area contributed by atoms with Gasteiger partial charge < -0.3 is 10.2 Å². The first-order chi connectivity index (χ1) is 12.0. The lowest BCUT2D eigenvalue weighted by atomic mass is 10.0. The van der Waals surface area contributed by atoms with Crippen molar-refractivity contribution in [2.75, 3.05) is 19.6 Å². The van der Waals surface area contributed by atoms with Crippen LogP contribution in [0.3, 0.4) is 0 Å². The van der Waals surface area contributed by atoms with E-state index >= 15 is 0 Å². The molecule has 25 heavy (non-hydrogen) atoms. The summed E-state index contributed by atoms with van der Waals surface area (Å²) in [5, 5.41) is 14.4. The van der Waals surface area contributed by atoms with Gasteiger partial charge in [0.1, 0.15) is 0 Å². The van der Waals surface area contributed by atoms with Crippen molar-refractivity contribution in [1.29, 1.82) is 0 Å². The summed E-state index contributed by atoms with van der Waals surface area (Å²) in [4.78, 5) is 26.4. The Morgan fingerprint density at radius 1 is 1.40 bits per heavy atom. The largest absolute Gasteiger partial charge is 0.328 e. The monoisotopic (exact) mass is 359 g/mol. The summed E-state index contributed by atoms with van der Waals surface area (Å²) in [5.41, 5.74) is 2.36. The van der Waals surface area contributed by atoms with Crippen LogP contribution in [0, 0.1) is 17.0 Å². The number of nitrogens with zero attached hydrogens (tertiary/aromatic N) is 2. The maximum absolute atomic E-state index is 13.0. The number of rotatable bonds is 4. The fourth-order valence-electron chi connectivity index (χ4n) is 3.12. The van der Waals surface area contributed by atoms with E-state index in [1.54, 1.807) is 6.92 Å². The number of carbonyl (C=O) groups is 1. The number of nitrogens with one attached hydrogen (secondary N) is 1.